The third-order valence-electron chi connectivity index (χ3n) is 4.12. The largest absolute Gasteiger partial charge is 0.325 e. The second-order valence-electron chi connectivity index (χ2n) is 5.70. The van der Waals surface area contributed by atoms with Crippen LogP contribution >= 0.6 is 11.3 Å². The van der Waals surface area contributed by atoms with Crippen molar-refractivity contribution in [2.24, 2.45) is 0 Å². The second-order valence-corrected chi connectivity index (χ2v) is 6.48. The Morgan fingerprint density at radius 3 is 2.65 bits per heavy atom. The maximum absolute atomic E-state index is 12.7. The summed E-state index contributed by atoms with van der Waals surface area (Å²) in [4.78, 5) is 38.3. The number of carbonyl (C=O) groups excluding carboxylic acids is 3. The molecule has 6 heteroatoms. The zero-order valence-electron chi connectivity index (χ0n) is 12.8. The van der Waals surface area contributed by atoms with Crippen LogP contribution in [0.15, 0.2) is 41.1 Å². The van der Waals surface area contributed by atoms with E-state index in [0.29, 0.717) is 5.56 Å². The quantitative estimate of drug-likeness (QED) is 0.693. The third-order valence-corrected chi connectivity index (χ3v) is 4.80. The molecule has 1 aliphatic heterocycles. The van der Waals surface area contributed by atoms with Crippen LogP contribution < -0.4 is 5.32 Å². The van der Waals surface area contributed by atoms with Crippen LogP contribution in [-0.2, 0) is 10.3 Å². The summed E-state index contributed by atoms with van der Waals surface area (Å²) in [6.45, 7) is 3.23. The van der Waals surface area contributed by atoms with Gasteiger partial charge in [-0.3, -0.25) is 14.5 Å². The van der Waals surface area contributed by atoms with E-state index in [4.69, 9.17) is 0 Å². The number of carbonyl (C=O) groups is 3. The summed E-state index contributed by atoms with van der Waals surface area (Å²) in [6.07, 6.45) is 0. The SMILES string of the molecule is Cc1ccccc1C(=O)CN1C(=O)N[C@](C)(c2ccsc2)C1=O. The summed E-state index contributed by atoms with van der Waals surface area (Å²) >= 11 is 1.45. The molecule has 1 aromatic heterocycles. The van der Waals surface area contributed by atoms with Gasteiger partial charge in [0, 0.05) is 5.56 Å². The molecule has 3 rings (SSSR count). The Kier molecular flexibility index (Phi) is 3.77. The van der Waals surface area contributed by atoms with Gasteiger partial charge in [-0.1, -0.05) is 24.3 Å². The van der Waals surface area contributed by atoms with Gasteiger partial charge < -0.3 is 5.32 Å². The standard InChI is InChI=1S/C17H16N2O3S/c1-11-5-3-4-6-13(11)14(20)9-19-15(21)17(2,18-16(19)22)12-7-8-23-10-12/h3-8,10H,9H2,1-2H3,(H,18,22)/t17-/m1/s1. The predicted octanol–water partition coefficient (Wildman–Crippen LogP) is 2.71. The van der Waals surface area contributed by atoms with E-state index in [1.807, 2.05) is 29.8 Å². The molecule has 23 heavy (non-hydrogen) atoms. The normalized spacial score (nSPS) is 20.7. The minimum atomic E-state index is -1.11. The van der Waals surface area contributed by atoms with Crippen molar-refractivity contribution >= 4 is 29.1 Å². The number of hydrogen-bond acceptors (Lipinski definition) is 4. The number of nitrogens with zero attached hydrogens (tertiary/aromatic N) is 1. The minimum Gasteiger partial charge on any atom is -0.319 e. The first-order chi connectivity index (χ1) is 10.9. The van der Waals surface area contributed by atoms with Crippen molar-refractivity contribution in [3.8, 4) is 0 Å². The average molecular weight is 328 g/mol. The monoisotopic (exact) mass is 328 g/mol. The van der Waals surface area contributed by atoms with Crippen molar-refractivity contribution < 1.29 is 14.4 Å². The molecule has 1 aromatic carbocycles. The van der Waals surface area contributed by atoms with E-state index in [2.05, 4.69) is 5.32 Å². The molecule has 2 aromatic rings. The van der Waals surface area contributed by atoms with Crippen LogP contribution in [0.2, 0.25) is 0 Å². The molecule has 0 saturated carbocycles. The van der Waals surface area contributed by atoms with Crippen LogP contribution in [0.5, 0.6) is 0 Å². The summed E-state index contributed by atoms with van der Waals surface area (Å²) in [6, 6.07) is 8.40. The van der Waals surface area contributed by atoms with Gasteiger partial charge in [0.1, 0.15) is 5.54 Å². The predicted molar refractivity (Wildman–Crippen MR) is 87.4 cm³/mol. The molecule has 2 heterocycles. The summed E-state index contributed by atoms with van der Waals surface area (Å²) in [5.74, 6) is -0.649. The van der Waals surface area contributed by atoms with Crippen molar-refractivity contribution in [2.45, 2.75) is 19.4 Å². The van der Waals surface area contributed by atoms with Crippen LogP contribution in [0.25, 0.3) is 0 Å². The van der Waals surface area contributed by atoms with Crippen LogP contribution in [0.1, 0.15) is 28.4 Å². The summed E-state index contributed by atoms with van der Waals surface area (Å²) in [7, 11) is 0. The molecule has 0 radical (unpaired) electrons. The summed E-state index contributed by atoms with van der Waals surface area (Å²) in [5, 5.41) is 6.37. The number of thiophene rings is 1. The van der Waals surface area contributed by atoms with Crippen LogP contribution in [0.3, 0.4) is 0 Å². The summed E-state index contributed by atoms with van der Waals surface area (Å²) in [5.41, 5.74) is 0.970. The second kappa shape index (κ2) is 5.62. The highest BCUT2D eigenvalue weighted by molar-refractivity contribution is 7.08. The van der Waals surface area contributed by atoms with Gasteiger partial charge in [0.2, 0.25) is 0 Å². The number of hydrogen-bond donors (Lipinski definition) is 1. The van der Waals surface area contributed by atoms with E-state index < -0.39 is 17.5 Å². The molecule has 3 amide bonds. The van der Waals surface area contributed by atoms with E-state index >= 15 is 0 Å². The topological polar surface area (TPSA) is 66.5 Å². The van der Waals surface area contributed by atoms with Gasteiger partial charge in [-0.15, -0.1) is 0 Å². The fourth-order valence-corrected chi connectivity index (χ4v) is 3.46. The Balaban J connectivity index is 1.84. The van der Waals surface area contributed by atoms with E-state index in [0.717, 1.165) is 16.0 Å². The van der Waals surface area contributed by atoms with Crippen molar-refractivity contribution in [3.05, 3.63) is 57.8 Å². The van der Waals surface area contributed by atoms with E-state index in [9.17, 15) is 14.4 Å². The molecule has 0 unspecified atom stereocenters. The Morgan fingerprint density at radius 2 is 2.00 bits per heavy atom. The first-order valence-corrected chi connectivity index (χ1v) is 8.13. The molecule has 1 N–H and O–H groups in total. The Hall–Kier alpha value is -2.47. The molecule has 1 fully saturated rings. The molecule has 1 atom stereocenters. The lowest BCUT2D eigenvalue weighted by molar-refractivity contribution is -0.130. The first-order valence-electron chi connectivity index (χ1n) is 7.19. The minimum absolute atomic E-state index is 0.249. The number of ketones is 1. The zero-order valence-corrected chi connectivity index (χ0v) is 13.6. The Labute approximate surface area is 137 Å². The number of amides is 3. The molecule has 118 valence electrons. The van der Waals surface area contributed by atoms with E-state index in [-0.39, 0.29) is 12.3 Å². The molecule has 0 bridgehead atoms. The van der Waals surface area contributed by atoms with Crippen molar-refractivity contribution in [1.82, 2.24) is 10.2 Å². The number of Topliss-reactive ketones (excluding diaryl/α,β-unsaturated/α-hetero) is 1. The highest BCUT2D eigenvalue weighted by Gasteiger charge is 2.49. The molecular formula is C17H16N2O3S. The molecular weight excluding hydrogens is 312 g/mol. The van der Waals surface area contributed by atoms with Crippen LogP contribution in [0, 0.1) is 6.92 Å². The fraction of sp³-hybridized carbons (Fsp3) is 0.235. The van der Waals surface area contributed by atoms with Gasteiger partial charge in [0.05, 0.1) is 6.54 Å². The highest BCUT2D eigenvalue weighted by Crippen LogP contribution is 2.30. The van der Waals surface area contributed by atoms with Gasteiger partial charge in [-0.2, -0.15) is 11.3 Å². The number of urea groups is 1. The van der Waals surface area contributed by atoms with Gasteiger partial charge >= 0.3 is 6.03 Å². The van der Waals surface area contributed by atoms with Crippen LogP contribution in [-0.4, -0.2) is 29.2 Å². The molecule has 0 aliphatic carbocycles. The maximum Gasteiger partial charge on any atom is 0.325 e. The first kappa shape index (κ1) is 15.4. The number of benzene rings is 1. The number of rotatable bonds is 4. The van der Waals surface area contributed by atoms with Crippen LogP contribution in [0.4, 0.5) is 4.79 Å². The van der Waals surface area contributed by atoms with Crippen molar-refractivity contribution in [3.63, 3.8) is 0 Å². The molecule has 0 spiro atoms. The lowest BCUT2D eigenvalue weighted by Gasteiger charge is -2.20. The Morgan fingerprint density at radius 1 is 1.26 bits per heavy atom. The molecule has 1 aliphatic rings. The molecule has 5 nitrogen and oxygen atoms in total. The maximum atomic E-state index is 12.7. The smallest absolute Gasteiger partial charge is 0.319 e. The van der Waals surface area contributed by atoms with E-state index in [1.165, 1.54) is 11.3 Å². The van der Waals surface area contributed by atoms with Gasteiger partial charge in [0.25, 0.3) is 5.91 Å². The van der Waals surface area contributed by atoms with Crippen molar-refractivity contribution in [1.29, 1.82) is 0 Å². The van der Waals surface area contributed by atoms with E-state index in [1.54, 1.807) is 25.1 Å². The zero-order chi connectivity index (χ0) is 16.6. The number of imide groups is 1. The number of aryl methyl sites for hydroxylation is 1. The third kappa shape index (κ3) is 2.55. The van der Waals surface area contributed by atoms with Gasteiger partial charge in [-0.25, -0.2) is 4.79 Å². The van der Waals surface area contributed by atoms with Gasteiger partial charge in [0.15, 0.2) is 5.78 Å². The number of nitrogens with one attached hydrogen (secondary N) is 1. The highest BCUT2D eigenvalue weighted by atomic mass is 32.1. The average Bonchev–Trinajstić information content (AvgIpc) is 3.12. The molecule has 1 saturated heterocycles. The lowest BCUT2D eigenvalue weighted by Crippen LogP contribution is -2.41. The van der Waals surface area contributed by atoms with Gasteiger partial charge in [-0.05, 0) is 41.8 Å². The summed E-state index contributed by atoms with van der Waals surface area (Å²) < 4.78 is 0. The lowest BCUT2D eigenvalue weighted by atomic mass is 9.95. The fourth-order valence-electron chi connectivity index (χ4n) is 2.70. The Bertz CT molecular complexity index is 785. The van der Waals surface area contributed by atoms with Crippen molar-refractivity contribution in [2.75, 3.05) is 6.54 Å².